The van der Waals surface area contributed by atoms with Gasteiger partial charge in [-0.1, -0.05) is 5.16 Å². The first-order valence-corrected chi connectivity index (χ1v) is 5.79. The minimum atomic E-state index is -0.349. The van der Waals surface area contributed by atoms with Crippen molar-refractivity contribution in [2.24, 2.45) is 0 Å². The Morgan fingerprint density at radius 2 is 2.17 bits per heavy atom. The summed E-state index contributed by atoms with van der Waals surface area (Å²) in [5.41, 5.74) is 1.52. The number of carbonyl (C=O) groups excluding carboxylic acids is 1. The summed E-state index contributed by atoms with van der Waals surface area (Å²) in [4.78, 5) is 20.3. The minimum absolute atomic E-state index is 0.180. The minimum Gasteiger partial charge on any atom is -0.351 e. The van der Waals surface area contributed by atoms with Crippen LogP contribution in [0.5, 0.6) is 0 Å². The highest BCUT2D eigenvalue weighted by Crippen LogP contribution is 2.41. The van der Waals surface area contributed by atoms with E-state index < -0.39 is 0 Å². The van der Waals surface area contributed by atoms with Crippen LogP contribution in [-0.2, 0) is 0 Å². The maximum atomic E-state index is 11.9. The van der Waals surface area contributed by atoms with E-state index in [1.807, 2.05) is 0 Å². The number of carbonyl (C=O) groups is 1. The SMILES string of the molecule is Cc1cc(C(=O)Nc2nccnc2C2CC2)on1. The lowest BCUT2D eigenvalue weighted by Gasteiger charge is -2.06. The van der Waals surface area contributed by atoms with E-state index in [0.717, 1.165) is 18.5 Å². The molecule has 2 aromatic heterocycles. The number of hydrogen-bond acceptors (Lipinski definition) is 5. The van der Waals surface area contributed by atoms with Gasteiger partial charge in [-0.25, -0.2) is 4.98 Å². The van der Waals surface area contributed by atoms with Crippen molar-refractivity contribution in [3.63, 3.8) is 0 Å². The third kappa shape index (κ3) is 2.09. The zero-order valence-electron chi connectivity index (χ0n) is 9.88. The van der Waals surface area contributed by atoms with Gasteiger partial charge in [0.25, 0.3) is 5.91 Å². The average molecular weight is 244 g/mol. The van der Waals surface area contributed by atoms with Crippen LogP contribution in [0.3, 0.4) is 0 Å². The normalized spacial score (nSPS) is 14.5. The van der Waals surface area contributed by atoms with Gasteiger partial charge in [-0.2, -0.15) is 0 Å². The Morgan fingerprint density at radius 1 is 1.39 bits per heavy atom. The number of aryl methyl sites for hydroxylation is 1. The summed E-state index contributed by atoms with van der Waals surface area (Å²) in [6, 6.07) is 1.59. The Kier molecular flexibility index (Phi) is 2.55. The van der Waals surface area contributed by atoms with Crippen LogP contribution in [0.15, 0.2) is 23.0 Å². The smallest absolute Gasteiger partial charge is 0.295 e. The van der Waals surface area contributed by atoms with E-state index in [1.54, 1.807) is 25.4 Å². The van der Waals surface area contributed by atoms with Gasteiger partial charge < -0.3 is 9.84 Å². The second-order valence-corrected chi connectivity index (χ2v) is 4.35. The first kappa shape index (κ1) is 10.9. The zero-order valence-corrected chi connectivity index (χ0v) is 9.88. The van der Waals surface area contributed by atoms with E-state index >= 15 is 0 Å². The van der Waals surface area contributed by atoms with Gasteiger partial charge in [-0.15, -0.1) is 0 Å². The number of nitrogens with zero attached hydrogens (tertiary/aromatic N) is 3. The van der Waals surface area contributed by atoms with Crippen LogP contribution < -0.4 is 5.32 Å². The van der Waals surface area contributed by atoms with Gasteiger partial charge in [0.05, 0.1) is 11.4 Å². The number of aromatic nitrogens is 3. The van der Waals surface area contributed by atoms with Crippen LogP contribution in [0.25, 0.3) is 0 Å². The topological polar surface area (TPSA) is 80.9 Å². The fraction of sp³-hybridized carbons (Fsp3) is 0.333. The summed E-state index contributed by atoms with van der Waals surface area (Å²) in [7, 11) is 0. The number of hydrogen-bond donors (Lipinski definition) is 1. The molecule has 0 spiro atoms. The van der Waals surface area contributed by atoms with E-state index in [4.69, 9.17) is 4.52 Å². The Bertz CT molecular complexity index is 589. The lowest BCUT2D eigenvalue weighted by molar-refractivity contribution is 0.0987. The van der Waals surface area contributed by atoms with Crippen molar-refractivity contribution in [2.75, 3.05) is 5.32 Å². The first-order chi connectivity index (χ1) is 8.74. The second-order valence-electron chi connectivity index (χ2n) is 4.35. The summed E-state index contributed by atoms with van der Waals surface area (Å²) < 4.78 is 4.90. The molecule has 1 saturated carbocycles. The molecule has 1 aliphatic rings. The van der Waals surface area contributed by atoms with Gasteiger partial charge >= 0.3 is 0 Å². The van der Waals surface area contributed by atoms with Crippen molar-refractivity contribution < 1.29 is 9.32 Å². The molecule has 1 N–H and O–H groups in total. The summed E-state index contributed by atoms with van der Waals surface area (Å²) in [5.74, 6) is 0.766. The molecule has 1 amide bonds. The highest BCUT2D eigenvalue weighted by Gasteiger charge is 2.29. The summed E-state index contributed by atoms with van der Waals surface area (Å²) in [6.45, 7) is 1.76. The molecule has 2 aromatic rings. The maximum Gasteiger partial charge on any atom is 0.295 e. The van der Waals surface area contributed by atoms with Crippen LogP contribution in [0, 0.1) is 6.92 Å². The van der Waals surface area contributed by atoms with Crippen molar-refractivity contribution >= 4 is 11.7 Å². The molecule has 0 aliphatic heterocycles. The molecule has 2 heterocycles. The molecule has 3 rings (SSSR count). The number of anilines is 1. The Morgan fingerprint density at radius 3 is 2.83 bits per heavy atom. The third-order valence-electron chi connectivity index (χ3n) is 2.77. The third-order valence-corrected chi connectivity index (χ3v) is 2.77. The number of nitrogens with one attached hydrogen (secondary N) is 1. The fourth-order valence-electron chi connectivity index (χ4n) is 1.74. The van der Waals surface area contributed by atoms with Crippen LogP contribution in [-0.4, -0.2) is 21.0 Å². The average Bonchev–Trinajstić information content (AvgIpc) is 3.12. The molecule has 1 fully saturated rings. The largest absolute Gasteiger partial charge is 0.351 e. The van der Waals surface area contributed by atoms with Gasteiger partial charge in [0, 0.05) is 24.4 Å². The molecule has 0 bridgehead atoms. The highest BCUT2D eigenvalue weighted by atomic mass is 16.5. The maximum absolute atomic E-state index is 11.9. The Hall–Kier alpha value is -2.24. The lowest BCUT2D eigenvalue weighted by atomic mass is 10.2. The summed E-state index contributed by atoms with van der Waals surface area (Å²) in [6.07, 6.45) is 5.40. The molecular weight excluding hydrogens is 232 g/mol. The fourth-order valence-corrected chi connectivity index (χ4v) is 1.74. The van der Waals surface area contributed by atoms with E-state index in [0.29, 0.717) is 17.4 Å². The predicted octanol–water partition coefficient (Wildman–Crippen LogP) is 1.90. The van der Waals surface area contributed by atoms with Crippen molar-refractivity contribution in [1.82, 2.24) is 15.1 Å². The van der Waals surface area contributed by atoms with Crippen LogP contribution in [0.2, 0.25) is 0 Å². The Labute approximate surface area is 103 Å². The van der Waals surface area contributed by atoms with Gasteiger partial charge in [-0.05, 0) is 19.8 Å². The van der Waals surface area contributed by atoms with Crippen molar-refractivity contribution in [2.45, 2.75) is 25.7 Å². The molecule has 92 valence electrons. The van der Waals surface area contributed by atoms with E-state index in [2.05, 4.69) is 20.4 Å². The van der Waals surface area contributed by atoms with E-state index in [1.165, 1.54) is 0 Å². The molecule has 18 heavy (non-hydrogen) atoms. The molecule has 0 atom stereocenters. The second kappa shape index (κ2) is 4.21. The van der Waals surface area contributed by atoms with Crippen LogP contribution >= 0.6 is 0 Å². The molecule has 6 nitrogen and oxygen atoms in total. The number of amides is 1. The van der Waals surface area contributed by atoms with E-state index in [9.17, 15) is 4.79 Å². The van der Waals surface area contributed by atoms with Gasteiger partial charge in [-0.3, -0.25) is 9.78 Å². The highest BCUT2D eigenvalue weighted by molar-refractivity contribution is 6.01. The van der Waals surface area contributed by atoms with Crippen LogP contribution in [0.1, 0.15) is 40.7 Å². The molecular formula is C12H12N4O2. The first-order valence-electron chi connectivity index (χ1n) is 5.79. The summed E-state index contributed by atoms with van der Waals surface area (Å²) >= 11 is 0. The molecule has 0 aromatic carbocycles. The molecule has 0 radical (unpaired) electrons. The van der Waals surface area contributed by atoms with Crippen LogP contribution in [0.4, 0.5) is 5.82 Å². The number of rotatable bonds is 3. The zero-order chi connectivity index (χ0) is 12.5. The van der Waals surface area contributed by atoms with E-state index in [-0.39, 0.29) is 11.7 Å². The van der Waals surface area contributed by atoms with Crippen molar-refractivity contribution in [1.29, 1.82) is 0 Å². The summed E-state index contributed by atoms with van der Waals surface area (Å²) in [5, 5.41) is 6.39. The van der Waals surface area contributed by atoms with Crippen molar-refractivity contribution in [3.05, 3.63) is 35.6 Å². The van der Waals surface area contributed by atoms with Gasteiger partial charge in [0.15, 0.2) is 5.82 Å². The monoisotopic (exact) mass is 244 g/mol. The van der Waals surface area contributed by atoms with Gasteiger partial charge in [0.2, 0.25) is 5.76 Å². The predicted molar refractivity (Wildman–Crippen MR) is 63.2 cm³/mol. The Balaban J connectivity index is 1.82. The quantitative estimate of drug-likeness (QED) is 0.891. The van der Waals surface area contributed by atoms with Gasteiger partial charge in [0.1, 0.15) is 0 Å². The lowest BCUT2D eigenvalue weighted by Crippen LogP contribution is -2.14. The molecule has 6 heteroatoms. The molecule has 0 unspecified atom stereocenters. The molecule has 1 aliphatic carbocycles. The van der Waals surface area contributed by atoms with Crippen molar-refractivity contribution in [3.8, 4) is 0 Å². The standard InChI is InChI=1S/C12H12N4O2/c1-7-6-9(18-16-7)12(17)15-11-10(8-2-3-8)13-4-5-14-11/h4-6,8H,2-3H2,1H3,(H,14,15,17). The molecule has 0 saturated heterocycles.